The second-order valence-electron chi connectivity index (χ2n) is 6.27. The van der Waals surface area contributed by atoms with E-state index >= 15 is 0 Å². The lowest BCUT2D eigenvalue weighted by molar-refractivity contribution is -0.159. The number of carboxylic acid groups (broad SMARTS) is 1. The first kappa shape index (κ1) is 21.4. The number of hydrogen-bond donors (Lipinski definition) is 4. The summed E-state index contributed by atoms with van der Waals surface area (Å²) >= 11 is 1.11. The van der Waals surface area contributed by atoms with E-state index in [4.69, 9.17) is 5.73 Å². The average molecular weight is 456 g/mol. The number of nitrogens with two attached hydrogens (primary N) is 1. The van der Waals surface area contributed by atoms with Crippen LogP contribution in [-0.2, 0) is 40.3 Å². The Hall–Kier alpha value is -3.26. The van der Waals surface area contributed by atoms with Gasteiger partial charge in [-0.2, -0.15) is 0 Å². The van der Waals surface area contributed by atoms with Crippen LogP contribution in [-0.4, -0.2) is 61.9 Å². The number of fused-ring (bicyclic) bond motifs is 1. The van der Waals surface area contributed by atoms with E-state index in [0.29, 0.717) is 4.88 Å². The van der Waals surface area contributed by atoms with E-state index in [1.807, 2.05) is 0 Å². The highest BCUT2D eigenvalue weighted by Crippen LogP contribution is 2.49. The molecule has 3 rings (SSSR count). The van der Waals surface area contributed by atoms with Crippen LogP contribution in [0.1, 0.15) is 11.8 Å². The number of nitrogens with zero attached hydrogens (tertiary/aromatic N) is 1. The van der Waals surface area contributed by atoms with Crippen LogP contribution in [0.5, 0.6) is 0 Å². The largest absolute Gasteiger partial charge is 0.477 e. The highest BCUT2D eigenvalue weighted by molar-refractivity contribution is 7.86. The fourth-order valence-corrected chi connectivity index (χ4v) is 6.50. The van der Waals surface area contributed by atoms with Crippen LogP contribution in [0.2, 0.25) is 0 Å². The molecular weight excluding hydrogens is 440 g/mol. The van der Waals surface area contributed by atoms with Crippen molar-refractivity contribution in [1.82, 2.24) is 15.5 Å². The second-order valence-corrected chi connectivity index (χ2v) is 8.79. The minimum Gasteiger partial charge on any atom is -0.477 e. The third kappa shape index (κ3) is 3.13. The maximum Gasteiger partial charge on any atom is 0.404 e. The Morgan fingerprint density at radius 2 is 2.17 bits per heavy atom. The van der Waals surface area contributed by atoms with Crippen molar-refractivity contribution in [3.63, 3.8) is 0 Å². The van der Waals surface area contributed by atoms with Crippen molar-refractivity contribution in [3.8, 4) is 0 Å². The third-order valence-electron chi connectivity index (χ3n) is 4.58. The normalized spacial score (nSPS) is 27.6. The maximum atomic E-state index is 13.4. The minimum absolute atomic E-state index is 0.259. The summed E-state index contributed by atoms with van der Waals surface area (Å²) in [4.78, 5) is 60.3. The molecule has 0 spiro atoms. The standard InChI is InChI=1S/C16H16N4O8S2/c1-7(22)19-11-8(5-28-15(17)26)10(12(23)24)20-13(25)16(18-6-21,14(20)30(11)27)9-3-2-4-29-9/h2-4,6,11,14H,5H2,1H3,(H2,17,26)(H,18,21)(H,19,22)(H,23,24)/t11?,14-,16+,30?/m1/s1. The molecule has 14 heteroatoms. The van der Waals surface area contributed by atoms with Crippen molar-refractivity contribution in [2.75, 3.05) is 6.61 Å². The molecule has 4 atom stereocenters. The lowest BCUT2D eigenvalue weighted by Gasteiger charge is -2.57. The van der Waals surface area contributed by atoms with Crippen molar-refractivity contribution in [2.24, 2.45) is 5.73 Å². The Bertz CT molecular complexity index is 991. The van der Waals surface area contributed by atoms with Gasteiger partial charge in [-0.3, -0.25) is 23.5 Å². The van der Waals surface area contributed by atoms with Gasteiger partial charge in [0.05, 0.1) is 10.8 Å². The molecule has 1 saturated heterocycles. The van der Waals surface area contributed by atoms with Crippen molar-refractivity contribution in [1.29, 1.82) is 0 Å². The van der Waals surface area contributed by atoms with Gasteiger partial charge in [-0.15, -0.1) is 11.3 Å². The van der Waals surface area contributed by atoms with Gasteiger partial charge in [-0.25, -0.2) is 9.59 Å². The van der Waals surface area contributed by atoms with Crippen molar-refractivity contribution in [2.45, 2.75) is 23.2 Å². The van der Waals surface area contributed by atoms with E-state index in [1.165, 1.54) is 6.07 Å². The predicted octanol–water partition coefficient (Wildman–Crippen LogP) is -1.48. The average Bonchev–Trinajstić information content (AvgIpc) is 3.20. The Morgan fingerprint density at radius 1 is 1.47 bits per heavy atom. The van der Waals surface area contributed by atoms with Crippen molar-refractivity contribution in [3.05, 3.63) is 33.7 Å². The Morgan fingerprint density at radius 3 is 2.67 bits per heavy atom. The SMILES string of the molecule is CC(=O)NC1C(COC(N)=O)=C(C(=O)O)N2C(=O)[C@@](NC=O)(c3cccs3)[C@H]2S1=O. The van der Waals surface area contributed by atoms with E-state index in [0.717, 1.165) is 23.2 Å². The third-order valence-corrected chi connectivity index (χ3v) is 7.45. The fraction of sp³-hybridized carbons (Fsp3) is 0.312. The maximum absolute atomic E-state index is 13.4. The number of rotatable bonds is 7. The summed E-state index contributed by atoms with van der Waals surface area (Å²) in [7, 11) is -2.14. The second kappa shape index (κ2) is 7.87. The van der Waals surface area contributed by atoms with E-state index in [2.05, 4.69) is 15.4 Å². The van der Waals surface area contributed by atoms with Gasteiger partial charge in [0.25, 0.3) is 5.91 Å². The number of carboxylic acids is 1. The molecule has 1 aromatic heterocycles. The topological polar surface area (TPSA) is 185 Å². The summed E-state index contributed by atoms with van der Waals surface area (Å²) in [5.41, 5.74) is 2.29. The van der Waals surface area contributed by atoms with E-state index in [1.54, 1.807) is 11.4 Å². The van der Waals surface area contributed by atoms with Gasteiger partial charge < -0.3 is 26.2 Å². The van der Waals surface area contributed by atoms with Gasteiger partial charge in [0.15, 0.2) is 10.9 Å². The zero-order chi connectivity index (χ0) is 22.2. The van der Waals surface area contributed by atoms with E-state index in [9.17, 15) is 33.3 Å². The number of amides is 4. The Labute approximate surface area is 175 Å². The number of nitrogens with one attached hydrogen (secondary N) is 2. The lowest BCUT2D eigenvalue weighted by atomic mass is 9.84. The van der Waals surface area contributed by atoms with Crippen LogP contribution >= 0.6 is 11.3 Å². The van der Waals surface area contributed by atoms with Gasteiger partial charge in [0, 0.05) is 17.4 Å². The number of thiophene rings is 1. The van der Waals surface area contributed by atoms with Crippen LogP contribution in [0, 0.1) is 0 Å². The number of ether oxygens (including phenoxy) is 1. The Balaban J connectivity index is 2.20. The summed E-state index contributed by atoms with van der Waals surface area (Å²) in [5.74, 6) is -3.04. The summed E-state index contributed by atoms with van der Waals surface area (Å²) in [6, 6.07) is 3.15. The first-order valence-corrected chi connectivity index (χ1v) is 10.5. The molecule has 160 valence electrons. The summed E-state index contributed by atoms with van der Waals surface area (Å²) < 4.78 is 18.1. The van der Waals surface area contributed by atoms with Crippen LogP contribution in [0.3, 0.4) is 0 Å². The molecule has 2 aliphatic rings. The van der Waals surface area contributed by atoms with Gasteiger partial charge in [-0.1, -0.05) is 6.07 Å². The molecule has 1 aromatic rings. The predicted molar refractivity (Wildman–Crippen MR) is 102 cm³/mol. The summed E-state index contributed by atoms with van der Waals surface area (Å²) in [6.45, 7) is 0.413. The number of β-lactam (4-membered cyclic amide) rings is 1. The number of aliphatic carboxylic acids is 1. The Kier molecular flexibility index (Phi) is 5.63. The molecule has 12 nitrogen and oxygen atoms in total. The molecule has 4 amide bonds. The lowest BCUT2D eigenvalue weighted by Crippen LogP contribution is -2.80. The molecule has 0 bridgehead atoms. The number of hydrogen-bond acceptors (Lipinski definition) is 8. The molecule has 0 radical (unpaired) electrons. The zero-order valence-corrected chi connectivity index (χ0v) is 17.0. The quantitative estimate of drug-likeness (QED) is 0.282. The number of carbonyl (C=O) groups is 5. The highest BCUT2D eigenvalue weighted by atomic mass is 32.2. The molecule has 2 unspecified atom stereocenters. The van der Waals surface area contributed by atoms with Crippen molar-refractivity contribution >= 4 is 52.4 Å². The molecule has 0 saturated carbocycles. The molecule has 2 aliphatic heterocycles. The van der Waals surface area contributed by atoms with Gasteiger partial charge in [0.1, 0.15) is 17.7 Å². The molecule has 30 heavy (non-hydrogen) atoms. The summed E-state index contributed by atoms with van der Waals surface area (Å²) in [5, 5.41) is 13.4. The van der Waals surface area contributed by atoms with Gasteiger partial charge in [0.2, 0.25) is 12.3 Å². The van der Waals surface area contributed by atoms with E-state index in [-0.39, 0.29) is 12.0 Å². The minimum atomic E-state index is -2.14. The van der Waals surface area contributed by atoms with Crippen LogP contribution in [0.25, 0.3) is 0 Å². The highest BCUT2D eigenvalue weighted by Gasteiger charge is 2.70. The number of carbonyl (C=O) groups excluding carboxylic acids is 4. The van der Waals surface area contributed by atoms with Gasteiger partial charge in [-0.05, 0) is 11.4 Å². The molecule has 3 heterocycles. The first-order chi connectivity index (χ1) is 14.2. The van der Waals surface area contributed by atoms with Crippen LogP contribution < -0.4 is 16.4 Å². The fourth-order valence-electron chi connectivity index (χ4n) is 3.46. The zero-order valence-electron chi connectivity index (χ0n) is 15.3. The first-order valence-electron chi connectivity index (χ1n) is 8.30. The smallest absolute Gasteiger partial charge is 0.404 e. The molecule has 5 N–H and O–H groups in total. The van der Waals surface area contributed by atoms with Crippen LogP contribution in [0.15, 0.2) is 28.8 Å². The number of primary amides is 1. The molecule has 1 fully saturated rings. The summed E-state index contributed by atoms with van der Waals surface area (Å²) in [6.07, 6.45) is -0.970. The molecular formula is C16H16N4O8S2. The van der Waals surface area contributed by atoms with E-state index < -0.39 is 63.3 Å². The monoisotopic (exact) mass is 456 g/mol. The van der Waals surface area contributed by atoms with Crippen LogP contribution in [0.4, 0.5) is 4.79 Å². The molecule has 0 aromatic carbocycles. The van der Waals surface area contributed by atoms with Gasteiger partial charge >= 0.3 is 12.1 Å². The van der Waals surface area contributed by atoms with Crippen molar-refractivity contribution < 1.29 is 38.0 Å². The molecule has 0 aliphatic carbocycles.